The van der Waals surface area contributed by atoms with Crippen molar-refractivity contribution in [2.24, 2.45) is 0 Å². The second-order valence-corrected chi connectivity index (χ2v) is 4.74. The molecule has 22 heavy (non-hydrogen) atoms. The highest BCUT2D eigenvalue weighted by molar-refractivity contribution is 5.67. The van der Waals surface area contributed by atoms with Crippen LogP contribution >= 0.6 is 0 Å². The number of benzene rings is 2. The smallest absolute Gasteiger partial charge is 0.407 e. The Morgan fingerprint density at radius 1 is 1.09 bits per heavy atom. The lowest BCUT2D eigenvalue weighted by atomic mass is 10.2. The van der Waals surface area contributed by atoms with Crippen molar-refractivity contribution in [3.8, 4) is 5.75 Å². The number of hydrogen-bond donors (Lipinski definition) is 2. The van der Waals surface area contributed by atoms with Gasteiger partial charge in [-0.3, -0.25) is 0 Å². The van der Waals surface area contributed by atoms with Gasteiger partial charge in [-0.2, -0.15) is 0 Å². The molecule has 2 rings (SSSR count). The van der Waals surface area contributed by atoms with E-state index < -0.39 is 6.09 Å². The standard InChI is InChI=1S/C18H19NO3/c20-17-12-5-4-10-16(17)11-6-7-13-19-18(21)22-14-15-8-2-1-3-9-15/h1-6,8-12,20H,7,13-14H2,(H,19,21). The predicted molar refractivity (Wildman–Crippen MR) is 86.4 cm³/mol. The zero-order valence-corrected chi connectivity index (χ0v) is 12.2. The van der Waals surface area contributed by atoms with Gasteiger partial charge in [0.1, 0.15) is 12.4 Å². The fraction of sp³-hybridized carbons (Fsp3) is 0.167. The predicted octanol–water partition coefficient (Wildman–Crippen LogP) is 3.72. The molecule has 0 radical (unpaired) electrons. The van der Waals surface area contributed by atoms with E-state index in [-0.39, 0.29) is 12.4 Å². The number of carbonyl (C=O) groups excluding carboxylic acids is 1. The van der Waals surface area contributed by atoms with Crippen molar-refractivity contribution >= 4 is 12.2 Å². The Hall–Kier alpha value is -2.75. The fourth-order valence-corrected chi connectivity index (χ4v) is 1.87. The molecular formula is C18H19NO3. The van der Waals surface area contributed by atoms with E-state index in [1.54, 1.807) is 12.1 Å². The molecule has 4 nitrogen and oxygen atoms in total. The molecule has 0 unspecified atom stereocenters. The van der Waals surface area contributed by atoms with Crippen molar-refractivity contribution in [1.29, 1.82) is 0 Å². The van der Waals surface area contributed by atoms with Crippen LogP contribution in [0.15, 0.2) is 60.7 Å². The third-order valence-electron chi connectivity index (χ3n) is 3.03. The van der Waals surface area contributed by atoms with E-state index in [1.165, 1.54) is 0 Å². The van der Waals surface area contributed by atoms with Gasteiger partial charge in [0.2, 0.25) is 0 Å². The van der Waals surface area contributed by atoms with Gasteiger partial charge in [0, 0.05) is 12.1 Å². The van der Waals surface area contributed by atoms with Gasteiger partial charge in [0.25, 0.3) is 0 Å². The molecule has 0 aliphatic rings. The topological polar surface area (TPSA) is 58.6 Å². The fourth-order valence-electron chi connectivity index (χ4n) is 1.87. The molecule has 0 saturated heterocycles. The summed E-state index contributed by atoms with van der Waals surface area (Å²) in [5.41, 5.74) is 1.71. The Bertz CT molecular complexity index is 623. The summed E-state index contributed by atoms with van der Waals surface area (Å²) >= 11 is 0. The van der Waals surface area contributed by atoms with E-state index >= 15 is 0 Å². The number of alkyl carbamates (subject to hydrolysis) is 1. The molecule has 2 N–H and O–H groups in total. The van der Waals surface area contributed by atoms with Gasteiger partial charge >= 0.3 is 6.09 Å². The quantitative estimate of drug-likeness (QED) is 0.799. The lowest BCUT2D eigenvalue weighted by Gasteiger charge is -2.05. The molecule has 2 aromatic carbocycles. The molecule has 0 saturated carbocycles. The summed E-state index contributed by atoms with van der Waals surface area (Å²) in [6.07, 6.45) is 3.95. The minimum Gasteiger partial charge on any atom is -0.507 e. The number of aromatic hydroxyl groups is 1. The van der Waals surface area contributed by atoms with E-state index in [2.05, 4.69) is 5.32 Å². The van der Waals surface area contributed by atoms with Crippen molar-refractivity contribution in [1.82, 2.24) is 5.32 Å². The third-order valence-corrected chi connectivity index (χ3v) is 3.03. The number of amides is 1. The SMILES string of the molecule is O=C(NCCC=Cc1ccccc1O)OCc1ccccc1. The molecule has 0 aliphatic heterocycles. The van der Waals surface area contributed by atoms with Gasteiger partial charge in [-0.15, -0.1) is 0 Å². The first-order valence-corrected chi connectivity index (χ1v) is 7.15. The van der Waals surface area contributed by atoms with Crippen LogP contribution in [0.4, 0.5) is 4.79 Å². The van der Waals surface area contributed by atoms with Crippen LogP contribution in [0.2, 0.25) is 0 Å². The maximum Gasteiger partial charge on any atom is 0.407 e. The second-order valence-electron chi connectivity index (χ2n) is 4.74. The zero-order valence-electron chi connectivity index (χ0n) is 12.2. The third kappa shape index (κ3) is 5.32. The molecule has 0 aliphatic carbocycles. The molecule has 0 aromatic heterocycles. The van der Waals surface area contributed by atoms with Gasteiger partial charge in [-0.1, -0.05) is 60.7 Å². The Balaban J connectivity index is 1.64. The zero-order chi connectivity index (χ0) is 15.6. The van der Waals surface area contributed by atoms with Crippen LogP contribution in [-0.4, -0.2) is 17.7 Å². The van der Waals surface area contributed by atoms with Gasteiger partial charge in [0.05, 0.1) is 0 Å². The maximum absolute atomic E-state index is 11.5. The van der Waals surface area contributed by atoms with E-state index in [4.69, 9.17) is 4.74 Å². The molecule has 0 heterocycles. The van der Waals surface area contributed by atoms with Crippen LogP contribution in [0.25, 0.3) is 6.08 Å². The van der Waals surface area contributed by atoms with Crippen LogP contribution in [-0.2, 0) is 11.3 Å². The number of hydrogen-bond acceptors (Lipinski definition) is 3. The number of phenolic OH excluding ortho intramolecular Hbond substituents is 1. The first kappa shape index (κ1) is 15.6. The number of rotatable bonds is 6. The number of para-hydroxylation sites is 1. The number of carbonyl (C=O) groups is 1. The maximum atomic E-state index is 11.5. The Kier molecular flexibility index (Phi) is 6.05. The first-order chi connectivity index (χ1) is 10.8. The molecular weight excluding hydrogens is 278 g/mol. The monoisotopic (exact) mass is 297 g/mol. The summed E-state index contributed by atoms with van der Waals surface area (Å²) < 4.78 is 5.10. The summed E-state index contributed by atoms with van der Waals surface area (Å²) in [5, 5.41) is 12.3. The molecule has 0 spiro atoms. The lowest BCUT2D eigenvalue weighted by Crippen LogP contribution is -2.24. The Labute approximate surface area is 130 Å². The Morgan fingerprint density at radius 3 is 2.59 bits per heavy atom. The van der Waals surface area contributed by atoms with E-state index in [0.29, 0.717) is 13.0 Å². The lowest BCUT2D eigenvalue weighted by molar-refractivity contribution is 0.140. The molecule has 114 valence electrons. The van der Waals surface area contributed by atoms with E-state index in [0.717, 1.165) is 11.1 Å². The van der Waals surface area contributed by atoms with Crippen LogP contribution in [0, 0.1) is 0 Å². The number of ether oxygens (including phenoxy) is 1. The average Bonchev–Trinajstić information content (AvgIpc) is 2.55. The average molecular weight is 297 g/mol. The van der Waals surface area contributed by atoms with Gasteiger partial charge < -0.3 is 15.2 Å². The van der Waals surface area contributed by atoms with Gasteiger partial charge in [-0.05, 0) is 18.1 Å². The minimum atomic E-state index is -0.431. The highest BCUT2D eigenvalue weighted by Crippen LogP contribution is 2.16. The molecule has 2 aromatic rings. The summed E-state index contributed by atoms with van der Waals surface area (Å²) in [5.74, 6) is 0.244. The van der Waals surface area contributed by atoms with Gasteiger partial charge in [-0.25, -0.2) is 4.79 Å². The van der Waals surface area contributed by atoms with Crippen LogP contribution in [0.3, 0.4) is 0 Å². The molecule has 0 fully saturated rings. The second kappa shape index (κ2) is 8.52. The number of nitrogens with one attached hydrogen (secondary N) is 1. The molecule has 0 atom stereocenters. The highest BCUT2D eigenvalue weighted by atomic mass is 16.5. The highest BCUT2D eigenvalue weighted by Gasteiger charge is 2.00. The van der Waals surface area contributed by atoms with Crippen molar-refractivity contribution in [3.63, 3.8) is 0 Å². The molecule has 0 bridgehead atoms. The largest absolute Gasteiger partial charge is 0.507 e. The van der Waals surface area contributed by atoms with E-state index in [1.807, 2.05) is 54.6 Å². The summed E-state index contributed by atoms with van der Waals surface area (Å²) in [7, 11) is 0. The normalized spacial score (nSPS) is 10.5. The van der Waals surface area contributed by atoms with Crippen molar-refractivity contribution in [2.45, 2.75) is 13.0 Å². The number of phenols is 1. The van der Waals surface area contributed by atoms with Crippen molar-refractivity contribution in [3.05, 3.63) is 71.8 Å². The van der Waals surface area contributed by atoms with Gasteiger partial charge in [0.15, 0.2) is 0 Å². The minimum absolute atomic E-state index is 0.244. The van der Waals surface area contributed by atoms with E-state index in [9.17, 15) is 9.90 Å². The van der Waals surface area contributed by atoms with Crippen molar-refractivity contribution < 1.29 is 14.6 Å². The first-order valence-electron chi connectivity index (χ1n) is 7.15. The summed E-state index contributed by atoms with van der Waals surface area (Å²) in [6, 6.07) is 16.6. The molecule has 1 amide bonds. The summed E-state index contributed by atoms with van der Waals surface area (Å²) in [6.45, 7) is 0.748. The Morgan fingerprint density at radius 2 is 1.82 bits per heavy atom. The van der Waals surface area contributed by atoms with Crippen molar-refractivity contribution in [2.75, 3.05) is 6.54 Å². The molecule has 4 heteroatoms. The van der Waals surface area contributed by atoms with Crippen LogP contribution < -0.4 is 5.32 Å². The van der Waals surface area contributed by atoms with Crippen LogP contribution in [0.5, 0.6) is 5.75 Å². The summed E-state index contributed by atoms with van der Waals surface area (Å²) in [4.78, 5) is 11.5. The van der Waals surface area contributed by atoms with Crippen LogP contribution in [0.1, 0.15) is 17.5 Å².